The Kier molecular flexibility index (Phi) is 1.69. The highest BCUT2D eigenvalue weighted by molar-refractivity contribution is 7.90. The maximum absolute atomic E-state index is 10.7. The van der Waals surface area contributed by atoms with Crippen LogP contribution in [-0.2, 0) is 9.84 Å². The minimum absolute atomic E-state index is 0.0387. The molecule has 0 amide bonds. The van der Waals surface area contributed by atoms with Crippen LogP contribution in [0.2, 0.25) is 0 Å². The molecule has 0 aromatic carbocycles. The summed E-state index contributed by atoms with van der Waals surface area (Å²) in [6.45, 7) is 0. The summed E-state index contributed by atoms with van der Waals surface area (Å²) in [7, 11) is -2.97. The Hall–Kier alpha value is -0.600. The van der Waals surface area contributed by atoms with Gasteiger partial charge in [0.2, 0.25) is 0 Å². The summed E-state index contributed by atoms with van der Waals surface area (Å²) in [5.74, 6) is -0.112. The Morgan fingerprint density at radius 3 is 2.64 bits per heavy atom. The molecule has 0 heterocycles. The first-order valence-electron chi connectivity index (χ1n) is 3.25. The molecule has 1 aliphatic carbocycles. The number of hydrogen-bond acceptors (Lipinski definition) is 4. The summed E-state index contributed by atoms with van der Waals surface area (Å²) in [4.78, 5) is 0. The van der Waals surface area contributed by atoms with Gasteiger partial charge in [-0.1, -0.05) is 0 Å². The van der Waals surface area contributed by atoms with E-state index in [1.807, 2.05) is 6.07 Å². The molecule has 2 unspecified atom stereocenters. The van der Waals surface area contributed by atoms with Crippen LogP contribution in [0.25, 0.3) is 0 Å². The molecular formula is C6H10N2O2S. The third-order valence-electron chi connectivity index (χ3n) is 1.86. The molecule has 0 bridgehead atoms. The second-order valence-corrected chi connectivity index (χ2v) is 5.33. The average Bonchev–Trinajstić information content (AvgIpc) is 2.40. The normalized spacial score (nSPS) is 36.3. The molecule has 0 spiro atoms. The highest BCUT2D eigenvalue weighted by atomic mass is 32.2. The minimum Gasteiger partial charge on any atom is -0.313 e. The summed E-state index contributed by atoms with van der Waals surface area (Å²) in [5, 5.41) is 8.46. The molecule has 1 fully saturated rings. The first kappa shape index (κ1) is 8.50. The van der Waals surface area contributed by atoms with Crippen LogP contribution >= 0.6 is 0 Å². The number of nitrogens with two attached hydrogens (primary N) is 1. The van der Waals surface area contributed by atoms with Gasteiger partial charge < -0.3 is 5.73 Å². The third kappa shape index (κ3) is 1.91. The van der Waals surface area contributed by atoms with Crippen molar-refractivity contribution < 1.29 is 8.42 Å². The smallest absolute Gasteiger partial charge is 0.147 e. The zero-order chi connectivity index (χ0) is 8.70. The van der Waals surface area contributed by atoms with Gasteiger partial charge in [-0.05, 0) is 6.42 Å². The van der Waals surface area contributed by atoms with Crippen molar-refractivity contribution in [3.05, 3.63) is 0 Å². The molecule has 2 N–H and O–H groups in total. The van der Waals surface area contributed by atoms with E-state index in [2.05, 4.69) is 0 Å². The second kappa shape index (κ2) is 2.19. The van der Waals surface area contributed by atoms with E-state index in [1.165, 1.54) is 0 Å². The summed E-state index contributed by atoms with van der Waals surface area (Å²) in [6.07, 6.45) is 1.67. The van der Waals surface area contributed by atoms with Crippen molar-refractivity contribution in [2.24, 2.45) is 11.7 Å². The summed E-state index contributed by atoms with van der Waals surface area (Å²) < 4.78 is 21.4. The van der Waals surface area contributed by atoms with Crippen LogP contribution in [0.5, 0.6) is 0 Å². The van der Waals surface area contributed by atoms with E-state index in [1.54, 1.807) is 0 Å². The van der Waals surface area contributed by atoms with Crippen LogP contribution in [0, 0.1) is 17.2 Å². The fourth-order valence-electron chi connectivity index (χ4n) is 1.06. The fraction of sp³-hybridized carbons (Fsp3) is 0.833. The molecule has 0 radical (unpaired) electrons. The molecule has 1 saturated carbocycles. The molecule has 2 atom stereocenters. The number of nitriles is 1. The highest BCUT2D eigenvalue weighted by Gasteiger charge is 2.52. The van der Waals surface area contributed by atoms with Gasteiger partial charge >= 0.3 is 0 Å². The Labute approximate surface area is 65.9 Å². The zero-order valence-electron chi connectivity index (χ0n) is 6.24. The monoisotopic (exact) mass is 174 g/mol. The molecule has 1 rings (SSSR count). The van der Waals surface area contributed by atoms with Crippen molar-refractivity contribution in [1.82, 2.24) is 0 Å². The fourth-order valence-corrected chi connectivity index (χ4v) is 2.20. The standard InChI is InChI=1S/C6H10N2O2S/c1-11(9,10)3-5-2-6(5,8)4-7/h5H,2-3,8H2,1H3. The SMILES string of the molecule is CS(=O)(=O)CC1CC1(N)C#N. The molecule has 1 aliphatic rings. The van der Waals surface area contributed by atoms with Gasteiger partial charge in [-0.3, -0.25) is 0 Å². The topological polar surface area (TPSA) is 83.9 Å². The van der Waals surface area contributed by atoms with Gasteiger partial charge in [-0.25, -0.2) is 8.42 Å². The van der Waals surface area contributed by atoms with E-state index in [0.29, 0.717) is 6.42 Å². The van der Waals surface area contributed by atoms with E-state index < -0.39 is 15.4 Å². The first-order chi connectivity index (χ1) is 4.87. The minimum atomic E-state index is -2.97. The summed E-state index contributed by atoms with van der Waals surface area (Å²) in [5.41, 5.74) is 4.61. The number of sulfone groups is 1. The molecule has 11 heavy (non-hydrogen) atoms. The largest absolute Gasteiger partial charge is 0.313 e. The highest BCUT2D eigenvalue weighted by Crippen LogP contribution is 2.40. The summed E-state index contributed by atoms with van der Waals surface area (Å²) in [6, 6.07) is 1.90. The maximum Gasteiger partial charge on any atom is 0.147 e. The Morgan fingerprint density at radius 2 is 2.36 bits per heavy atom. The van der Waals surface area contributed by atoms with Gasteiger partial charge in [0, 0.05) is 12.2 Å². The molecule has 0 saturated heterocycles. The second-order valence-electron chi connectivity index (χ2n) is 3.15. The predicted molar refractivity (Wildman–Crippen MR) is 40.3 cm³/mol. The Balaban J connectivity index is 2.55. The van der Waals surface area contributed by atoms with E-state index in [4.69, 9.17) is 11.0 Å². The maximum atomic E-state index is 10.7. The predicted octanol–water partition coefficient (Wildman–Crippen LogP) is -0.728. The van der Waals surface area contributed by atoms with Crippen LogP contribution in [0.1, 0.15) is 6.42 Å². The van der Waals surface area contributed by atoms with Crippen molar-refractivity contribution >= 4 is 9.84 Å². The molecule has 0 aliphatic heterocycles. The van der Waals surface area contributed by atoms with Gasteiger partial charge in [-0.2, -0.15) is 5.26 Å². The lowest BCUT2D eigenvalue weighted by molar-refractivity contribution is 0.595. The molecule has 62 valence electrons. The van der Waals surface area contributed by atoms with Gasteiger partial charge in [0.05, 0.1) is 11.8 Å². The van der Waals surface area contributed by atoms with Crippen LogP contribution < -0.4 is 5.73 Å². The summed E-state index contributed by atoms with van der Waals surface area (Å²) >= 11 is 0. The Morgan fingerprint density at radius 1 is 1.82 bits per heavy atom. The van der Waals surface area contributed by atoms with E-state index in [9.17, 15) is 8.42 Å². The van der Waals surface area contributed by atoms with Crippen molar-refractivity contribution in [3.63, 3.8) is 0 Å². The van der Waals surface area contributed by atoms with Gasteiger partial charge in [0.25, 0.3) is 0 Å². The first-order valence-corrected chi connectivity index (χ1v) is 5.31. The third-order valence-corrected chi connectivity index (χ3v) is 2.87. The zero-order valence-corrected chi connectivity index (χ0v) is 7.06. The lowest BCUT2D eigenvalue weighted by Crippen LogP contribution is -2.25. The molecular weight excluding hydrogens is 164 g/mol. The quantitative estimate of drug-likeness (QED) is 0.598. The lowest BCUT2D eigenvalue weighted by Gasteiger charge is -1.97. The van der Waals surface area contributed by atoms with Crippen molar-refractivity contribution in [2.75, 3.05) is 12.0 Å². The van der Waals surface area contributed by atoms with Crippen LogP contribution in [0.4, 0.5) is 0 Å². The average molecular weight is 174 g/mol. The molecule has 4 nitrogen and oxygen atoms in total. The van der Waals surface area contributed by atoms with Crippen LogP contribution in [0.3, 0.4) is 0 Å². The van der Waals surface area contributed by atoms with Crippen LogP contribution in [0.15, 0.2) is 0 Å². The van der Waals surface area contributed by atoms with Crippen molar-refractivity contribution in [2.45, 2.75) is 12.0 Å². The van der Waals surface area contributed by atoms with Crippen LogP contribution in [-0.4, -0.2) is 26.0 Å². The van der Waals surface area contributed by atoms with Crippen molar-refractivity contribution in [1.29, 1.82) is 5.26 Å². The van der Waals surface area contributed by atoms with E-state index in [-0.39, 0.29) is 11.7 Å². The number of hydrogen-bond donors (Lipinski definition) is 1. The van der Waals surface area contributed by atoms with Gasteiger partial charge in [-0.15, -0.1) is 0 Å². The van der Waals surface area contributed by atoms with E-state index in [0.717, 1.165) is 6.26 Å². The number of rotatable bonds is 2. The molecule has 5 heteroatoms. The Bertz CT molecular complexity index is 303. The van der Waals surface area contributed by atoms with Gasteiger partial charge in [0.15, 0.2) is 0 Å². The molecule has 0 aromatic rings. The van der Waals surface area contributed by atoms with Crippen molar-refractivity contribution in [3.8, 4) is 6.07 Å². The van der Waals surface area contributed by atoms with E-state index >= 15 is 0 Å². The van der Waals surface area contributed by atoms with Gasteiger partial charge in [0.1, 0.15) is 15.4 Å². The lowest BCUT2D eigenvalue weighted by atomic mass is 10.3. The number of nitrogens with zero attached hydrogens (tertiary/aromatic N) is 1. The molecule has 0 aromatic heterocycles.